The Balaban J connectivity index is 1.54. The Labute approximate surface area is 197 Å². The summed E-state index contributed by atoms with van der Waals surface area (Å²) in [5, 5.41) is 6.78. The number of carbonyl (C=O) groups is 1. The molecular formula is C24H26FN5O2S. The van der Waals surface area contributed by atoms with Gasteiger partial charge in [0.05, 0.1) is 24.4 Å². The number of amides is 1. The van der Waals surface area contributed by atoms with E-state index in [1.54, 1.807) is 13.3 Å². The largest absolute Gasteiger partial charge is 0.383 e. The number of rotatable bonds is 9. The van der Waals surface area contributed by atoms with Gasteiger partial charge in [0.25, 0.3) is 0 Å². The van der Waals surface area contributed by atoms with Gasteiger partial charge in [-0.25, -0.2) is 4.39 Å². The van der Waals surface area contributed by atoms with Gasteiger partial charge in [0, 0.05) is 50.4 Å². The molecule has 2 N–H and O–H groups in total. The second-order valence-electron chi connectivity index (χ2n) is 7.74. The molecule has 1 aliphatic heterocycles. The SMILES string of the molecule is COCCn1cccc1[C@@H]1[C@H](c2ccccn2)NC(=S)N1CCC(=O)Nc1ccc(F)cc1. The molecule has 3 heterocycles. The van der Waals surface area contributed by atoms with E-state index < -0.39 is 0 Å². The number of methoxy groups -OCH3 is 1. The molecule has 1 aromatic carbocycles. The van der Waals surface area contributed by atoms with Crippen molar-refractivity contribution < 1.29 is 13.9 Å². The van der Waals surface area contributed by atoms with Gasteiger partial charge in [-0.2, -0.15) is 0 Å². The molecule has 0 saturated carbocycles. The van der Waals surface area contributed by atoms with Crippen LogP contribution in [0.15, 0.2) is 67.0 Å². The van der Waals surface area contributed by atoms with E-state index in [1.165, 1.54) is 24.3 Å². The fraction of sp³-hybridized carbons (Fsp3) is 0.292. The van der Waals surface area contributed by atoms with Gasteiger partial charge in [0.1, 0.15) is 5.82 Å². The molecule has 4 rings (SSSR count). The highest BCUT2D eigenvalue weighted by Gasteiger charge is 2.41. The number of anilines is 1. The first-order chi connectivity index (χ1) is 16.1. The van der Waals surface area contributed by atoms with Gasteiger partial charge in [-0.05, 0) is 60.7 Å². The van der Waals surface area contributed by atoms with Gasteiger partial charge >= 0.3 is 0 Å². The lowest BCUT2D eigenvalue weighted by Gasteiger charge is -2.28. The third kappa shape index (κ3) is 5.37. The first-order valence-electron chi connectivity index (χ1n) is 10.7. The molecule has 1 fully saturated rings. The molecule has 0 unspecified atom stereocenters. The Morgan fingerprint density at radius 1 is 1.18 bits per heavy atom. The zero-order valence-electron chi connectivity index (χ0n) is 18.3. The van der Waals surface area contributed by atoms with E-state index in [9.17, 15) is 9.18 Å². The number of thiocarbonyl (C=S) groups is 1. The van der Waals surface area contributed by atoms with Crippen molar-refractivity contribution in [3.8, 4) is 0 Å². The van der Waals surface area contributed by atoms with Crippen molar-refractivity contribution in [1.29, 1.82) is 0 Å². The average molecular weight is 468 g/mol. The number of benzene rings is 1. The van der Waals surface area contributed by atoms with Gasteiger partial charge < -0.3 is 24.8 Å². The maximum atomic E-state index is 13.1. The molecule has 0 spiro atoms. The van der Waals surface area contributed by atoms with E-state index in [4.69, 9.17) is 17.0 Å². The van der Waals surface area contributed by atoms with Crippen LogP contribution in [0.5, 0.6) is 0 Å². The molecule has 172 valence electrons. The van der Waals surface area contributed by atoms with Crippen LogP contribution in [0.1, 0.15) is 29.9 Å². The van der Waals surface area contributed by atoms with Crippen LogP contribution in [0.3, 0.4) is 0 Å². The fourth-order valence-electron chi connectivity index (χ4n) is 4.04. The Morgan fingerprint density at radius 2 is 2.00 bits per heavy atom. The van der Waals surface area contributed by atoms with Crippen LogP contribution >= 0.6 is 12.2 Å². The first-order valence-corrected chi connectivity index (χ1v) is 11.1. The summed E-state index contributed by atoms with van der Waals surface area (Å²) in [6.07, 6.45) is 4.01. The summed E-state index contributed by atoms with van der Waals surface area (Å²) in [5.41, 5.74) is 2.50. The molecular weight excluding hydrogens is 441 g/mol. The van der Waals surface area contributed by atoms with Crippen molar-refractivity contribution in [3.05, 3.63) is 84.2 Å². The standard InChI is InChI=1S/C24H26FN5O2S/c1-32-16-15-29-13-4-6-20(29)23-22(19-5-2-3-12-26-19)28-24(33)30(23)14-11-21(31)27-18-9-7-17(25)8-10-18/h2-10,12-13,22-23H,11,14-16H2,1H3,(H,27,31)(H,28,33)/t22-,23+/m0/s1. The molecule has 2 aromatic heterocycles. The summed E-state index contributed by atoms with van der Waals surface area (Å²) in [6, 6.07) is 15.3. The number of ether oxygens (including phenoxy) is 1. The van der Waals surface area contributed by atoms with Crippen molar-refractivity contribution >= 4 is 28.9 Å². The minimum absolute atomic E-state index is 0.141. The number of pyridine rings is 1. The van der Waals surface area contributed by atoms with Gasteiger partial charge in [-0.3, -0.25) is 9.78 Å². The zero-order valence-corrected chi connectivity index (χ0v) is 19.1. The Morgan fingerprint density at radius 3 is 2.73 bits per heavy atom. The van der Waals surface area contributed by atoms with E-state index in [2.05, 4.69) is 26.3 Å². The van der Waals surface area contributed by atoms with Crippen LogP contribution in [-0.4, -0.2) is 45.7 Å². The van der Waals surface area contributed by atoms with Crippen molar-refractivity contribution in [1.82, 2.24) is 19.8 Å². The maximum Gasteiger partial charge on any atom is 0.226 e. The minimum Gasteiger partial charge on any atom is -0.383 e. The van der Waals surface area contributed by atoms with Crippen LogP contribution in [0.4, 0.5) is 10.1 Å². The average Bonchev–Trinajstić information content (AvgIpc) is 3.42. The number of aromatic nitrogens is 2. The molecule has 7 nitrogen and oxygen atoms in total. The molecule has 0 radical (unpaired) electrons. The number of carbonyl (C=O) groups excluding carboxylic acids is 1. The number of halogens is 1. The summed E-state index contributed by atoms with van der Waals surface area (Å²) in [4.78, 5) is 19.2. The highest BCUT2D eigenvalue weighted by Crippen LogP contribution is 2.38. The topological polar surface area (TPSA) is 71.4 Å². The van der Waals surface area contributed by atoms with Crippen LogP contribution in [0, 0.1) is 5.82 Å². The monoisotopic (exact) mass is 467 g/mol. The number of hydrogen-bond donors (Lipinski definition) is 2. The third-order valence-corrected chi connectivity index (χ3v) is 5.96. The van der Waals surface area contributed by atoms with Gasteiger partial charge in [0.15, 0.2) is 5.11 Å². The highest BCUT2D eigenvalue weighted by atomic mass is 32.1. The number of hydrogen-bond acceptors (Lipinski definition) is 4. The Hall–Kier alpha value is -3.30. The first kappa shape index (κ1) is 22.9. The quantitative estimate of drug-likeness (QED) is 0.468. The zero-order chi connectivity index (χ0) is 23.2. The lowest BCUT2D eigenvalue weighted by Crippen LogP contribution is -2.33. The molecule has 1 amide bonds. The molecule has 1 aliphatic rings. The van der Waals surface area contributed by atoms with E-state index in [-0.39, 0.29) is 30.2 Å². The van der Waals surface area contributed by atoms with E-state index in [1.807, 2.05) is 35.4 Å². The molecule has 0 aliphatic carbocycles. The second kappa shape index (κ2) is 10.5. The number of nitrogens with zero attached hydrogens (tertiary/aromatic N) is 3. The van der Waals surface area contributed by atoms with Crippen LogP contribution in [-0.2, 0) is 16.1 Å². The van der Waals surface area contributed by atoms with Gasteiger partial charge in [-0.1, -0.05) is 6.07 Å². The second-order valence-corrected chi connectivity index (χ2v) is 8.13. The Kier molecular flexibility index (Phi) is 7.31. The van der Waals surface area contributed by atoms with Gasteiger partial charge in [-0.15, -0.1) is 0 Å². The fourth-order valence-corrected chi connectivity index (χ4v) is 4.37. The van der Waals surface area contributed by atoms with Crippen LogP contribution in [0.2, 0.25) is 0 Å². The molecule has 3 aromatic rings. The predicted molar refractivity (Wildman–Crippen MR) is 128 cm³/mol. The summed E-state index contributed by atoms with van der Waals surface area (Å²) < 4.78 is 20.5. The third-order valence-electron chi connectivity index (χ3n) is 5.61. The van der Waals surface area contributed by atoms with Crippen molar-refractivity contribution in [2.24, 2.45) is 0 Å². The maximum absolute atomic E-state index is 13.1. The summed E-state index contributed by atoms with van der Waals surface area (Å²) in [6.45, 7) is 1.71. The highest BCUT2D eigenvalue weighted by molar-refractivity contribution is 7.80. The summed E-state index contributed by atoms with van der Waals surface area (Å²) in [7, 11) is 1.68. The summed E-state index contributed by atoms with van der Waals surface area (Å²) >= 11 is 5.68. The molecule has 0 bridgehead atoms. The lowest BCUT2D eigenvalue weighted by atomic mass is 10.0. The summed E-state index contributed by atoms with van der Waals surface area (Å²) in [5.74, 6) is -0.513. The van der Waals surface area contributed by atoms with Crippen molar-refractivity contribution in [3.63, 3.8) is 0 Å². The van der Waals surface area contributed by atoms with Crippen LogP contribution in [0.25, 0.3) is 0 Å². The molecule has 33 heavy (non-hydrogen) atoms. The van der Waals surface area contributed by atoms with E-state index in [0.29, 0.717) is 30.5 Å². The molecule has 1 saturated heterocycles. The minimum atomic E-state index is -0.346. The lowest BCUT2D eigenvalue weighted by molar-refractivity contribution is -0.116. The van der Waals surface area contributed by atoms with Crippen LogP contribution < -0.4 is 10.6 Å². The van der Waals surface area contributed by atoms with Crippen molar-refractivity contribution in [2.45, 2.75) is 25.0 Å². The molecule has 9 heteroatoms. The predicted octanol–water partition coefficient (Wildman–Crippen LogP) is 3.67. The van der Waals surface area contributed by atoms with E-state index >= 15 is 0 Å². The molecule has 2 atom stereocenters. The van der Waals surface area contributed by atoms with Crippen molar-refractivity contribution in [2.75, 3.05) is 25.6 Å². The smallest absolute Gasteiger partial charge is 0.226 e. The van der Waals surface area contributed by atoms with Gasteiger partial charge in [0.2, 0.25) is 5.91 Å². The van der Waals surface area contributed by atoms with E-state index in [0.717, 1.165) is 11.4 Å². The Bertz CT molecular complexity index is 1090. The normalized spacial score (nSPS) is 17.8. The number of nitrogens with one attached hydrogen (secondary N) is 2.